The van der Waals surface area contributed by atoms with Crippen molar-refractivity contribution in [2.75, 3.05) is 31.6 Å². The molecule has 4 heteroatoms. The van der Waals surface area contributed by atoms with Gasteiger partial charge in [-0.05, 0) is 37.0 Å². The van der Waals surface area contributed by atoms with Crippen LogP contribution in [0.5, 0.6) is 5.75 Å². The Labute approximate surface area is 149 Å². The standard InChI is InChI=1S/C21H26N2O2/c24-21(23-13-5-2-6-14-23)17-22-19-10-7-11-20(16-19)25-15-12-18-8-3-1-4-9-18/h1,3-4,7-11,16,22H,2,5-6,12-15,17H2. The number of nitrogens with zero attached hydrogens (tertiary/aromatic N) is 1. The summed E-state index contributed by atoms with van der Waals surface area (Å²) in [5, 5.41) is 3.22. The Hall–Kier alpha value is -2.49. The first-order valence-corrected chi connectivity index (χ1v) is 9.10. The minimum Gasteiger partial charge on any atom is -0.493 e. The first-order valence-electron chi connectivity index (χ1n) is 9.10. The van der Waals surface area contributed by atoms with Crippen LogP contribution in [0, 0.1) is 0 Å². The molecule has 1 fully saturated rings. The molecule has 3 rings (SSSR count). The van der Waals surface area contributed by atoms with E-state index in [2.05, 4.69) is 17.4 Å². The van der Waals surface area contributed by atoms with Gasteiger partial charge in [0.25, 0.3) is 0 Å². The summed E-state index contributed by atoms with van der Waals surface area (Å²) < 4.78 is 5.84. The molecule has 1 heterocycles. The predicted molar refractivity (Wildman–Crippen MR) is 101 cm³/mol. The molecule has 1 N–H and O–H groups in total. The lowest BCUT2D eigenvalue weighted by Crippen LogP contribution is -2.39. The minimum absolute atomic E-state index is 0.176. The van der Waals surface area contributed by atoms with Crippen molar-refractivity contribution in [3.8, 4) is 5.75 Å². The molecule has 1 aliphatic rings. The number of ether oxygens (including phenoxy) is 1. The molecule has 0 radical (unpaired) electrons. The number of benzene rings is 2. The summed E-state index contributed by atoms with van der Waals surface area (Å²) in [7, 11) is 0. The van der Waals surface area contributed by atoms with Crippen molar-refractivity contribution in [1.29, 1.82) is 0 Å². The number of amides is 1. The topological polar surface area (TPSA) is 41.6 Å². The highest BCUT2D eigenvalue weighted by molar-refractivity contribution is 5.81. The lowest BCUT2D eigenvalue weighted by atomic mass is 10.1. The second-order valence-corrected chi connectivity index (χ2v) is 6.41. The average molecular weight is 338 g/mol. The summed E-state index contributed by atoms with van der Waals surface area (Å²) in [5.41, 5.74) is 2.19. The second-order valence-electron chi connectivity index (χ2n) is 6.41. The summed E-state index contributed by atoms with van der Waals surface area (Å²) in [4.78, 5) is 14.2. The smallest absolute Gasteiger partial charge is 0.241 e. The highest BCUT2D eigenvalue weighted by Crippen LogP contribution is 2.18. The molecule has 2 aromatic rings. The van der Waals surface area contributed by atoms with Gasteiger partial charge in [0.15, 0.2) is 0 Å². The summed E-state index contributed by atoms with van der Waals surface area (Å²) >= 11 is 0. The Morgan fingerprint density at radius 3 is 2.60 bits per heavy atom. The van der Waals surface area contributed by atoms with Crippen LogP contribution in [0.15, 0.2) is 54.6 Å². The molecule has 0 saturated carbocycles. The number of nitrogens with one attached hydrogen (secondary N) is 1. The minimum atomic E-state index is 0.176. The predicted octanol–water partition coefficient (Wildman–Crippen LogP) is 3.73. The average Bonchev–Trinajstić information content (AvgIpc) is 2.68. The Balaban J connectivity index is 1.45. The number of hydrogen-bond donors (Lipinski definition) is 1. The van der Waals surface area contributed by atoms with Gasteiger partial charge in [-0.2, -0.15) is 0 Å². The molecule has 25 heavy (non-hydrogen) atoms. The van der Waals surface area contributed by atoms with E-state index in [1.54, 1.807) is 0 Å². The molecule has 132 valence electrons. The van der Waals surface area contributed by atoms with Gasteiger partial charge in [-0.15, -0.1) is 0 Å². The number of carbonyl (C=O) groups excluding carboxylic acids is 1. The van der Waals surface area contributed by atoms with Crippen LogP contribution in [0.2, 0.25) is 0 Å². The SMILES string of the molecule is O=C(CNc1cccc(OCCc2ccccc2)c1)N1CCCCC1. The number of piperidine rings is 1. The van der Waals surface area contributed by atoms with E-state index in [1.165, 1.54) is 12.0 Å². The largest absolute Gasteiger partial charge is 0.493 e. The van der Waals surface area contributed by atoms with Gasteiger partial charge in [0.05, 0.1) is 13.2 Å². The van der Waals surface area contributed by atoms with Crippen molar-refractivity contribution in [1.82, 2.24) is 4.90 Å². The lowest BCUT2D eigenvalue weighted by Gasteiger charge is -2.26. The second kappa shape index (κ2) is 9.11. The summed E-state index contributed by atoms with van der Waals surface area (Å²) in [5.74, 6) is 1.00. The molecule has 0 aromatic heterocycles. The van der Waals surface area contributed by atoms with Gasteiger partial charge >= 0.3 is 0 Å². The number of carbonyl (C=O) groups is 1. The summed E-state index contributed by atoms with van der Waals surface area (Å²) in [6.45, 7) is 2.76. The van der Waals surface area contributed by atoms with Gasteiger partial charge < -0.3 is 15.0 Å². The summed E-state index contributed by atoms with van der Waals surface area (Å²) in [6.07, 6.45) is 4.36. The molecule has 0 spiro atoms. The highest BCUT2D eigenvalue weighted by Gasteiger charge is 2.15. The first kappa shape index (κ1) is 17.3. The van der Waals surface area contributed by atoms with Gasteiger partial charge in [0, 0.05) is 31.3 Å². The normalized spacial score (nSPS) is 14.2. The zero-order valence-electron chi connectivity index (χ0n) is 14.6. The number of likely N-dealkylation sites (tertiary alicyclic amines) is 1. The molecule has 1 amide bonds. The van der Waals surface area contributed by atoms with Crippen molar-refractivity contribution in [2.24, 2.45) is 0 Å². The Kier molecular flexibility index (Phi) is 6.32. The third kappa shape index (κ3) is 5.52. The van der Waals surface area contributed by atoms with Crippen LogP contribution in [0.25, 0.3) is 0 Å². The van der Waals surface area contributed by atoms with Crippen LogP contribution in [0.3, 0.4) is 0 Å². The maximum Gasteiger partial charge on any atom is 0.241 e. The fourth-order valence-electron chi connectivity index (χ4n) is 3.06. The fourth-order valence-corrected chi connectivity index (χ4v) is 3.06. The van der Waals surface area contributed by atoms with Gasteiger partial charge in [0.2, 0.25) is 5.91 Å². The molecular weight excluding hydrogens is 312 g/mol. The monoisotopic (exact) mass is 338 g/mol. The van der Waals surface area contributed by atoms with E-state index < -0.39 is 0 Å². The third-order valence-corrected chi connectivity index (χ3v) is 4.49. The molecule has 0 atom stereocenters. The van der Waals surface area contributed by atoms with Gasteiger partial charge in [-0.3, -0.25) is 4.79 Å². The van der Waals surface area contributed by atoms with E-state index >= 15 is 0 Å². The molecule has 1 saturated heterocycles. The Bertz CT molecular complexity index is 667. The van der Waals surface area contributed by atoms with Crippen LogP contribution < -0.4 is 10.1 Å². The zero-order valence-corrected chi connectivity index (χ0v) is 14.6. The highest BCUT2D eigenvalue weighted by atomic mass is 16.5. The molecular formula is C21H26N2O2. The van der Waals surface area contributed by atoms with Crippen molar-refractivity contribution in [3.63, 3.8) is 0 Å². The van der Waals surface area contributed by atoms with Crippen LogP contribution in [-0.4, -0.2) is 37.0 Å². The van der Waals surface area contributed by atoms with Crippen LogP contribution in [-0.2, 0) is 11.2 Å². The van der Waals surface area contributed by atoms with Gasteiger partial charge in [-0.1, -0.05) is 36.4 Å². The van der Waals surface area contributed by atoms with E-state index in [0.29, 0.717) is 13.2 Å². The van der Waals surface area contributed by atoms with Gasteiger partial charge in [0.1, 0.15) is 5.75 Å². The molecule has 1 aliphatic heterocycles. The molecule has 0 unspecified atom stereocenters. The van der Waals surface area contributed by atoms with E-state index in [4.69, 9.17) is 4.74 Å². The number of rotatable bonds is 7. The Morgan fingerprint density at radius 1 is 1.00 bits per heavy atom. The van der Waals surface area contributed by atoms with Crippen molar-refractivity contribution < 1.29 is 9.53 Å². The van der Waals surface area contributed by atoms with Crippen LogP contribution >= 0.6 is 0 Å². The maximum atomic E-state index is 12.2. The zero-order chi connectivity index (χ0) is 17.3. The van der Waals surface area contributed by atoms with Crippen LogP contribution in [0.1, 0.15) is 24.8 Å². The first-order chi connectivity index (χ1) is 12.3. The quantitative estimate of drug-likeness (QED) is 0.836. The molecule has 0 bridgehead atoms. The fraction of sp³-hybridized carbons (Fsp3) is 0.381. The van der Waals surface area contributed by atoms with Gasteiger partial charge in [-0.25, -0.2) is 0 Å². The maximum absolute atomic E-state index is 12.2. The van der Waals surface area contributed by atoms with Crippen molar-refractivity contribution >= 4 is 11.6 Å². The van der Waals surface area contributed by atoms with E-state index in [-0.39, 0.29) is 5.91 Å². The number of hydrogen-bond acceptors (Lipinski definition) is 3. The van der Waals surface area contributed by atoms with Crippen molar-refractivity contribution in [3.05, 3.63) is 60.2 Å². The lowest BCUT2D eigenvalue weighted by molar-refractivity contribution is -0.130. The van der Waals surface area contributed by atoms with Crippen molar-refractivity contribution in [2.45, 2.75) is 25.7 Å². The molecule has 4 nitrogen and oxygen atoms in total. The molecule has 0 aliphatic carbocycles. The third-order valence-electron chi connectivity index (χ3n) is 4.49. The number of anilines is 1. The van der Waals surface area contributed by atoms with E-state index in [0.717, 1.165) is 43.8 Å². The Morgan fingerprint density at radius 2 is 1.80 bits per heavy atom. The molecule has 2 aromatic carbocycles. The van der Waals surface area contributed by atoms with Crippen LogP contribution in [0.4, 0.5) is 5.69 Å². The van der Waals surface area contributed by atoms with E-state index in [9.17, 15) is 4.79 Å². The summed E-state index contributed by atoms with van der Waals surface area (Å²) in [6, 6.07) is 18.1. The van der Waals surface area contributed by atoms with E-state index in [1.807, 2.05) is 47.4 Å².